The molecule has 0 atom stereocenters. The van der Waals surface area contributed by atoms with Crippen LogP contribution in [0.5, 0.6) is 0 Å². The van der Waals surface area contributed by atoms with Gasteiger partial charge in [0.15, 0.2) is 0 Å². The highest BCUT2D eigenvalue weighted by Gasteiger charge is 2.52. The summed E-state index contributed by atoms with van der Waals surface area (Å²) >= 11 is 2.32. The zero-order valence-corrected chi connectivity index (χ0v) is 23.5. The molecule has 3 aromatic carbocycles. The molecular formula is C29H31BINO4. The van der Waals surface area contributed by atoms with Crippen LogP contribution < -0.4 is 10.8 Å². The Balaban J connectivity index is 1.25. The fourth-order valence-corrected chi connectivity index (χ4v) is 5.61. The lowest BCUT2D eigenvalue weighted by molar-refractivity contribution is 0.00578. The van der Waals surface area contributed by atoms with Gasteiger partial charge in [-0.15, -0.1) is 0 Å². The normalized spacial score (nSPS) is 17.6. The predicted molar refractivity (Wildman–Crippen MR) is 152 cm³/mol. The Morgan fingerprint density at radius 3 is 2.11 bits per heavy atom. The summed E-state index contributed by atoms with van der Waals surface area (Å²) in [6.45, 7) is 10.9. The SMILES string of the molecule is Cc1c(I)cc(CNC(=O)OCC2c3ccccc3-c3ccccc32)cc1B1OC(C)(C)C(C)(C)O1. The Morgan fingerprint density at radius 1 is 0.972 bits per heavy atom. The molecule has 5 rings (SSSR count). The van der Waals surface area contributed by atoms with E-state index in [2.05, 4.69) is 98.9 Å². The van der Waals surface area contributed by atoms with Crippen molar-refractivity contribution >= 4 is 41.3 Å². The minimum Gasteiger partial charge on any atom is -0.449 e. The van der Waals surface area contributed by atoms with Crippen LogP contribution in [0.3, 0.4) is 0 Å². The van der Waals surface area contributed by atoms with Gasteiger partial charge in [-0.25, -0.2) is 4.79 Å². The Morgan fingerprint density at radius 2 is 1.53 bits per heavy atom. The van der Waals surface area contributed by atoms with Crippen LogP contribution in [0.25, 0.3) is 11.1 Å². The van der Waals surface area contributed by atoms with Crippen LogP contribution in [-0.2, 0) is 20.6 Å². The second kappa shape index (κ2) is 9.51. The molecule has 0 unspecified atom stereocenters. The van der Waals surface area contributed by atoms with Gasteiger partial charge in [-0.3, -0.25) is 0 Å². The molecule has 0 radical (unpaired) electrons. The Labute approximate surface area is 227 Å². The first-order valence-electron chi connectivity index (χ1n) is 12.3. The van der Waals surface area contributed by atoms with Crippen molar-refractivity contribution in [3.63, 3.8) is 0 Å². The maximum Gasteiger partial charge on any atom is 0.495 e. The van der Waals surface area contributed by atoms with Gasteiger partial charge in [-0.2, -0.15) is 0 Å². The fraction of sp³-hybridized carbons (Fsp3) is 0.345. The molecule has 1 aliphatic carbocycles. The minimum absolute atomic E-state index is 0.0402. The summed E-state index contributed by atoms with van der Waals surface area (Å²) < 4.78 is 19.4. The number of hydrogen-bond acceptors (Lipinski definition) is 4. The highest BCUT2D eigenvalue weighted by molar-refractivity contribution is 14.1. The van der Waals surface area contributed by atoms with Crippen LogP contribution in [0, 0.1) is 10.5 Å². The number of rotatable bonds is 5. The lowest BCUT2D eigenvalue weighted by Crippen LogP contribution is -2.41. The molecule has 186 valence electrons. The van der Waals surface area contributed by atoms with Crippen LogP contribution in [0.4, 0.5) is 4.79 Å². The predicted octanol–water partition coefficient (Wildman–Crippen LogP) is 5.94. The number of carbonyl (C=O) groups excluding carboxylic acids is 1. The second-order valence-corrected chi connectivity index (χ2v) is 11.7. The molecule has 7 heteroatoms. The number of halogens is 1. The third kappa shape index (κ3) is 4.57. The lowest BCUT2D eigenvalue weighted by atomic mass is 9.75. The van der Waals surface area contributed by atoms with E-state index in [0.29, 0.717) is 13.2 Å². The molecule has 2 aliphatic rings. The van der Waals surface area contributed by atoms with E-state index in [0.717, 1.165) is 20.2 Å². The first-order valence-corrected chi connectivity index (χ1v) is 13.4. The Bertz CT molecular complexity index is 1260. The van der Waals surface area contributed by atoms with Gasteiger partial charge in [0.2, 0.25) is 0 Å². The van der Waals surface area contributed by atoms with E-state index in [4.69, 9.17) is 14.0 Å². The van der Waals surface area contributed by atoms with Crippen LogP contribution >= 0.6 is 22.6 Å². The van der Waals surface area contributed by atoms with Crippen molar-refractivity contribution in [1.82, 2.24) is 5.32 Å². The molecule has 0 bridgehead atoms. The molecule has 0 spiro atoms. The van der Waals surface area contributed by atoms with Crippen LogP contribution in [0.15, 0.2) is 60.7 Å². The number of amides is 1. The number of hydrogen-bond donors (Lipinski definition) is 1. The fourth-order valence-electron chi connectivity index (χ4n) is 4.90. The van der Waals surface area contributed by atoms with E-state index in [1.807, 2.05) is 24.3 Å². The summed E-state index contributed by atoms with van der Waals surface area (Å²) in [6, 6.07) is 20.8. The van der Waals surface area contributed by atoms with Crippen LogP contribution in [-0.4, -0.2) is 31.0 Å². The number of benzene rings is 3. The largest absolute Gasteiger partial charge is 0.495 e. The van der Waals surface area contributed by atoms with Gasteiger partial charge < -0.3 is 19.4 Å². The molecule has 0 aromatic heterocycles. The summed E-state index contributed by atoms with van der Waals surface area (Å²) in [7, 11) is -0.446. The number of ether oxygens (including phenoxy) is 1. The van der Waals surface area contributed by atoms with Gasteiger partial charge in [-0.05, 0) is 102 Å². The van der Waals surface area contributed by atoms with Gasteiger partial charge >= 0.3 is 13.2 Å². The van der Waals surface area contributed by atoms with Gasteiger partial charge in [0.25, 0.3) is 0 Å². The molecule has 3 aromatic rings. The lowest BCUT2D eigenvalue weighted by Gasteiger charge is -2.32. The molecular weight excluding hydrogens is 564 g/mol. The van der Waals surface area contributed by atoms with Crippen molar-refractivity contribution < 1.29 is 18.8 Å². The first-order chi connectivity index (χ1) is 17.1. The van der Waals surface area contributed by atoms with E-state index in [1.165, 1.54) is 22.3 Å². The van der Waals surface area contributed by atoms with Gasteiger partial charge in [0.1, 0.15) is 6.61 Å². The standard InChI is InChI=1S/C29H31BINO4/c1-18-25(30-35-28(2,3)29(4,5)36-30)14-19(15-26(18)31)16-32-27(33)34-17-24-22-12-8-6-10-20(22)21-11-7-9-13-23(21)24/h6-15,24H,16-17H2,1-5H3,(H,32,33). The third-order valence-electron chi connectivity index (χ3n) is 7.73. The topological polar surface area (TPSA) is 56.8 Å². The van der Waals surface area contributed by atoms with Crippen molar-refractivity contribution in [3.05, 3.63) is 86.5 Å². The molecule has 1 saturated heterocycles. The van der Waals surface area contributed by atoms with Gasteiger partial charge in [-0.1, -0.05) is 54.6 Å². The molecule has 1 aliphatic heterocycles. The number of fused-ring (bicyclic) bond motifs is 3. The number of carbonyl (C=O) groups is 1. The van der Waals surface area contributed by atoms with Crippen molar-refractivity contribution in [1.29, 1.82) is 0 Å². The highest BCUT2D eigenvalue weighted by atomic mass is 127. The molecule has 1 fully saturated rings. The number of alkyl carbamates (subject to hydrolysis) is 1. The maximum atomic E-state index is 12.7. The average molecular weight is 595 g/mol. The summed E-state index contributed by atoms with van der Waals surface area (Å²) in [4.78, 5) is 12.7. The first kappa shape index (κ1) is 25.3. The van der Waals surface area contributed by atoms with Gasteiger partial charge in [0, 0.05) is 16.0 Å². The molecule has 0 saturated carbocycles. The van der Waals surface area contributed by atoms with Crippen molar-refractivity contribution in [2.45, 2.75) is 58.3 Å². The Kier molecular flexibility index (Phi) is 6.68. The van der Waals surface area contributed by atoms with Crippen molar-refractivity contribution in [2.24, 2.45) is 0 Å². The summed E-state index contributed by atoms with van der Waals surface area (Å²) in [5.74, 6) is 0.0402. The highest BCUT2D eigenvalue weighted by Crippen LogP contribution is 2.44. The van der Waals surface area contributed by atoms with Crippen LogP contribution in [0.1, 0.15) is 55.9 Å². The van der Waals surface area contributed by atoms with E-state index in [-0.39, 0.29) is 5.92 Å². The zero-order chi connectivity index (χ0) is 25.7. The Hall–Kier alpha value is -2.36. The van der Waals surface area contributed by atoms with Crippen molar-refractivity contribution in [3.8, 4) is 11.1 Å². The summed E-state index contributed by atoms with van der Waals surface area (Å²) in [5.41, 5.74) is 7.10. The molecule has 1 heterocycles. The molecule has 1 amide bonds. The quantitative estimate of drug-likeness (QED) is 0.293. The molecule has 36 heavy (non-hydrogen) atoms. The monoisotopic (exact) mass is 595 g/mol. The molecule has 1 N–H and O–H groups in total. The van der Waals surface area contributed by atoms with E-state index in [9.17, 15) is 4.79 Å². The minimum atomic E-state index is -0.446. The van der Waals surface area contributed by atoms with Crippen molar-refractivity contribution in [2.75, 3.05) is 6.61 Å². The smallest absolute Gasteiger partial charge is 0.449 e. The number of nitrogens with one attached hydrogen (secondary N) is 1. The average Bonchev–Trinajstić information content (AvgIpc) is 3.27. The molecule has 5 nitrogen and oxygen atoms in total. The maximum absolute atomic E-state index is 12.7. The summed E-state index contributed by atoms with van der Waals surface area (Å²) in [5, 5.41) is 2.92. The van der Waals surface area contributed by atoms with E-state index in [1.54, 1.807) is 0 Å². The van der Waals surface area contributed by atoms with E-state index >= 15 is 0 Å². The van der Waals surface area contributed by atoms with Gasteiger partial charge in [0.05, 0.1) is 11.2 Å². The van der Waals surface area contributed by atoms with E-state index < -0.39 is 24.4 Å². The second-order valence-electron chi connectivity index (χ2n) is 10.6. The van der Waals surface area contributed by atoms with Crippen LogP contribution in [0.2, 0.25) is 0 Å². The zero-order valence-electron chi connectivity index (χ0n) is 21.4. The third-order valence-corrected chi connectivity index (χ3v) is 8.85. The summed E-state index contributed by atoms with van der Waals surface area (Å²) in [6.07, 6.45) is -0.426.